The van der Waals surface area contributed by atoms with Crippen molar-refractivity contribution in [1.82, 2.24) is 15.4 Å². The minimum absolute atomic E-state index is 0.0709. The Hall–Kier alpha value is -2.82. The topological polar surface area (TPSA) is 122 Å². The zero-order chi connectivity index (χ0) is 31.9. The standard InChI is InChI=1S/C35H48N4O4S2/c1-2-3-4-5-6-7-8-9-10-11-12-13-14-18-25-32(45(41,42)43)33-36-29-24-20-19-23-28(29)35(37-33)44-31-26-30(38-39-34(31)40)27-21-16-15-17-22-27/h15-17,19-24,31-32H,2-14,18,25-26H2,1H3,(H,39,40)(H,41,42,43). The number of carbonyl (C=O) groups is 1. The first-order valence-electron chi connectivity index (χ1n) is 16.7. The lowest BCUT2D eigenvalue weighted by atomic mass is 10.0. The predicted molar refractivity (Wildman–Crippen MR) is 184 cm³/mol. The van der Waals surface area contributed by atoms with Gasteiger partial charge in [-0.25, -0.2) is 15.4 Å². The van der Waals surface area contributed by atoms with Gasteiger partial charge in [-0.05, 0) is 18.1 Å². The number of para-hydroxylation sites is 1. The van der Waals surface area contributed by atoms with Crippen molar-refractivity contribution in [2.45, 2.75) is 125 Å². The van der Waals surface area contributed by atoms with Crippen LogP contribution in [-0.2, 0) is 14.9 Å². The van der Waals surface area contributed by atoms with E-state index in [-0.39, 0.29) is 18.2 Å². The number of aromatic nitrogens is 2. The van der Waals surface area contributed by atoms with E-state index in [1.807, 2.05) is 48.5 Å². The largest absolute Gasteiger partial charge is 0.285 e. The van der Waals surface area contributed by atoms with Gasteiger partial charge in [0, 0.05) is 11.8 Å². The minimum Gasteiger partial charge on any atom is -0.285 e. The van der Waals surface area contributed by atoms with E-state index < -0.39 is 20.6 Å². The second-order valence-electron chi connectivity index (χ2n) is 12.0. The van der Waals surface area contributed by atoms with Gasteiger partial charge in [0.2, 0.25) is 0 Å². The van der Waals surface area contributed by atoms with Crippen molar-refractivity contribution in [1.29, 1.82) is 0 Å². The van der Waals surface area contributed by atoms with Crippen molar-refractivity contribution >= 4 is 44.4 Å². The number of nitrogens with one attached hydrogen (secondary N) is 1. The third-order valence-electron chi connectivity index (χ3n) is 8.39. The number of nitrogens with zero attached hydrogens (tertiary/aromatic N) is 3. The first-order chi connectivity index (χ1) is 21.9. The fourth-order valence-electron chi connectivity index (χ4n) is 5.79. The Morgan fingerprint density at radius 2 is 1.40 bits per heavy atom. The summed E-state index contributed by atoms with van der Waals surface area (Å²) in [4.78, 5) is 22.1. The molecule has 1 aromatic heterocycles. The van der Waals surface area contributed by atoms with Crippen molar-refractivity contribution < 1.29 is 17.8 Å². The normalized spacial score (nSPS) is 16.0. The molecule has 0 fully saturated rings. The molecule has 2 aromatic carbocycles. The fourth-order valence-corrected chi connectivity index (χ4v) is 7.74. The third kappa shape index (κ3) is 11.2. The van der Waals surface area contributed by atoms with Crippen LogP contribution >= 0.6 is 11.8 Å². The van der Waals surface area contributed by atoms with Crippen molar-refractivity contribution in [3.63, 3.8) is 0 Å². The molecule has 1 aliphatic heterocycles. The van der Waals surface area contributed by atoms with Crippen LogP contribution in [0.1, 0.15) is 126 Å². The van der Waals surface area contributed by atoms with Crippen LogP contribution in [0.5, 0.6) is 0 Å². The van der Waals surface area contributed by atoms with Gasteiger partial charge >= 0.3 is 0 Å². The fraction of sp³-hybridized carbons (Fsp3) is 0.543. The summed E-state index contributed by atoms with van der Waals surface area (Å²) in [5, 5.41) is 3.77. The van der Waals surface area contributed by atoms with E-state index in [4.69, 9.17) is 0 Å². The molecule has 8 nitrogen and oxygen atoms in total. The Balaban J connectivity index is 1.33. The number of thioether (sulfide) groups is 1. The molecule has 0 aliphatic carbocycles. The zero-order valence-corrected chi connectivity index (χ0v) is 28.1. The summed E-state index contributed by atoms with van der Waals surface area (Å²) < 4.78 is 35.4. The molecule has 1 aliphatic rings. The third-order valence-corrected chi connectivity index (χ3v) is 10.8. The van der Waals surface area contributed by atoms with E-state index in [1.54, 1.807) is 6.07 Å². The molecule has 45 heavy (non-hydrogen) atoms. The van der Waals surface area contributed by atoms with Crippen molar-refractivity contribution in [2.75, 3.05) is 0 Å². The quantitative estimate of drug-likeness (QED) is 0.0710. The maximum absolute atomic E-state index is 12.8. The highest BCUT2D eigenvalue weighted by atomic mass is 32.2. The number of hydrogen-bond donors (Lipinski definition) is 2. The zero-order valence-electron chi connectivity index (χ0n) is 26.5. The van der Waals surface area contributed by atoms with Crippen molar-refractivity contribution in [3.05, 3.63) is 66.0 Å². The molecule has 0 bridgehead atoms. The highest BCUT2D eigenvalue weighted by Gasteiger charge is 2.31. The Kier molecular flexibility index (Phi) is 14.3. The maximum Gasteiger partial charge on any atom is 0.275 e. The molecule has 0 spiro atoms. The van der Waals surface area contributed by atoms with Crippen LogP contribution in [0, 0.1) is 0 Å². The maximum atomic E-state index is 12.8. The lowest BCUT2D eigenvalue weighted by Crippen LogP contribution is -2.37. The molecule has 4 rings (SSSR count). The number of hydrazone groups is 1. The van der Waals surface area contributed by atoms with Crippen LogP contribution in [0.3, 0.4) is 0 Å². The molecule has 1 amide bonds. The van der Waals surface area contributed by atoms with Crippen LogP contribution in [0.15, 0.2) is 64.7 Å². The van der Waals surface area contributed by atoms with Crippen LogP contribution in [0.2, 0.25) is 0 Å². The average Bonchev–Trinajstić information content (AvgIpc) is 3.03. The van der Waals surface area contributed by atoms with Gasteiger partial charge < -0.3 is 0 Å². The molecular weight excluding hydrogens is 605 g/mol. The molecule has 10 heteroatoms. The molecule has 3 aromatic rings. The van der Waals surface area contributed by atoms with Gasteiger partial charge in [-0.2, -0.15) is 13.5 Å². The smallest absolute Gasteiger partial charge is 0.275 e. The highest BCUT2D eigenvalue weighted by molar-refractivity contribution is 8.00. The number of fused-ring (bicyclic) bond motifs is 1. The molecule has 2 unspecified atom stereocenters. The summed E-state index contributed by atoms with van der Waals surface area (Å²) in [5.41, 5.74) is 4.90. The van der Waals surface area contributed by atoms with Crippen LogP contribution < -0.4 is 5.43 Å². The van der Waals surface area contributed by atoms with Crippen molar-refractivity contribution in [3.8, 4) is 0 Å². The molecule has 0 saturated carbocycles. The van der Waals surface area contributed by atoms with E-state index in [1.165, 1.54) is 76.0 Å². The van der Waals surface area contributed by atoms with Crippen LogP contribution in [0.25, 0.3) is 10.9 Å². The summed E-state index contributed by atoms with van der Waals surface area (Å²) in [5.74, 6) is -0.167. The predicted octanol–water partition coefficient (Wildman–Crippen LogP) is 8.82. The van der Waals surface area contributed by atoms with E-state index in [0.717, 1.165) is 35.9 Å². The van der Waals surface area contributed by atoms with E-state index in [0.29, 0.717) is 23.4 Å². The second kappa shape index (κ2) is 18.4. The van der Waals surface area contributed by atoms with Gasteiger partial charge in [-0.15, -0.1) is 0 Å². The van der Waals surface area contributed by atoms with Gasteiger partial charge in [0.05, 0.1) is 16.5 Å². The molecule has 2 N–H and O–H groups in total. The van der Waals surface area contributed by atoms with Crippen molar-refractivity contribution in [2.24, 2.45) is 5.10 Å². The number of unbranched alkanes of at least 4 members (excludes halogenated alkanes) is 13. The Labute approximate surface area is 273 Å². The molecule has 2 atom stereocenters. The number of benzene rings is 2. The minimum atomic E-state index is -4.44. The van der Waals surface area contributed by atoms with Gasteiger partial charge in [0.1, 0.15) is 10.3 Å². The molecule has 0 radical (unpaired) electrons. The van der Waals surface area contributed by atoms with Gasteiger partial charge in [-0.1, -0.05) is 157 Å². The molecule has 2 heterocycles. The molecule has 0 saturated heterocycles. The monoisotopic (exact) mass is 652 g/mol. The average molecular weight is 653 g/mol. The van der Waals surface area contributed by atoms with Crippen LogP contribution in [0.4, 0.5) is 0 Å². The SMILES string of the molecule is CCCCCCCCCCCCCCCCC(c1nc(SC2CC(c3ccccc3)=NNC2=O)c2ccccc2n1)S(=O)(=O)O. The molecule has 244 valence electrons. The molecular formula is C35H48N4O4S2. The van der Waals surface area contributed by atoms with Gasteiger partial charge in [0.25, 0.3) is 16.0 Å². The Morgan fingerprint density at radius 1 is 0.822 bits per heavy atom. The first-order valence-corrected chi connectivity index (χ1v) is 19.1. The van der Waals surface area contributed by atoms with Gasteiger partial charge in [-0.3, -0.25) is 9.35 Å². The Bertz CT molecular complexity index is 1500. The summed E-state index contributed by atoms with van der Waals surface area (Å²) >= 11 is 1.27. The highest BCUT2D eigenvalue weighted by Crippen LogP contribution is 2.35. The van der Waals surface area contributed by atoms with E-state index in [9.17, 15) is 17.8 Å². The second-order valence-corrected chi connectivity index (χ2v) is 14.8. The summed E-state index contributed by atoms with van der Waals surface area (Å²) in [6.45, 7) is 2.25. The van der Waals surface area contributed by atoms with Crippen LogP contribution in [-0.4, -0.2) is 39.8 Å². The number of rotatable bonds is 20. The van der Waals surface area contributed by atoms with Gasteiger partial charge in [0.15, 0.2) is 5.82 Å². The summed E-state index contributed by atoms with van der Waals surface area (Å²) in [7, 11) is -4.44. The van der Waals surface area contributed by atoms with E-state index in [2.05, 4.69) is 27.4 Å². The van der Waals surface area contributed by atoms with E-state index >= 15 is 0 Å². The number of amides is 1. The Morgan fingerprint density at radius 3 is 2.02 bits per heavy atom. The summed E-state index contributed by atoms with van der Waals surface area (Å²) in [6, 6.07) is 17.0. The number of hydrogen-bond acceptors (Lipinski definition) is 7. The number of carbonyl (C=O) groups excluding carboxylic acids is 1. The summed E-state index contributed by atoms with van der Waals surface area (Å²) in [6.07, 6.45) is 17.5. The lowest BCUT2D eigenvalue weighted by molar-refractivity contribution is -0.120. The first kappa shape index (κ1) is 35.0. The lowest BCUT2D eigenvalue weighted by Gasteiger charge is -2.22.